The molecule has 0 heterocycles. The molecule has 0 bridgehead atoms. The number of carboxylic acids is 1. The van der Waals surface area contributed by atoms with E-state index in [1.807, 2.05) is 0 Å². The van der Waals surface area contributed by atoms with Crippen LogP contribution in [0.15, 0.2) is 4.99 Å². The smallest absolute Gasteiger partial charge is 0.326 e. The highest BCUT2D eigenvalue weighted by Gasteiger charge is 2.23. The number of aliphatic carboxylic acids is 1. The lowest BCUT2D eigenvalue weighted by atomic mass is 10.1. The van der Waals surface area contributed by atoms with E-state index in [2.05, 4.69) is 4.99 Å². The van der Waals surface area contributed by atoms with Gasteiger partial charge in [0.05, 0.1) is 0 Å². The minimum Gasteiger partial charge on any atom is -0.480 e. The number of nitrogens with zero attached hydrogens (tertiary/aromatic N) is 2. The highest BCUT2D eigenvalue weighted by Crippen LogP contribution is 2.06. The van der Waals surface area contributed by atoms with Gasteiger partial charge >= 0.3 is 5.97 Å². The summed E-state index contributed by atoms with van der Waals surface area (Å²) >= 11 is 0. The van der Waals surface area contributed by atoms with E-state index >= 15 is 0 Å². The number of likely N-dealkylation sites (N-methyl/N-ethyl adjacent to an activating group) is 1. The van der Waals surface area contributed by atoms with Crippen LogP contribution in [0.25, 0.3) is 0 Å². The summed E-state index contributed by atoms with van der Waals surface area (Å²) in [4.78, 5) is 26.8. The van der Waals surface area contributed by atoms with Crippen molar-refractivity contribution in [1.82, 2.24) is 4.90 Å². The molecule has 0 saturated heterocycles. The molecule has 0 spiro atoms. The zero-order chi connectivity index (χ0) is 12.7. The number of hydrogen-bond acceptors (Lipinski definition) is 3. The average Bonchev–Trinajstić information content (AvgIpc) is 2.15. The van der Waals surface area contributed by atoms with E-state index in [4.69, 9.17) is 16.6 Å². The van der Waals surface area contributed by atoms with Crippen molar-refractivity contribution in [2.24, 2.45) is 16.5 Å². The number of nitrogens with two attached hydrogens (primary N) is 2. The van der Waals surface area contributed by atoms with Crippen molar-refractivity contribution < 1.29 is 14.7 Å². The van der Waals surface area contributed by atoms with Gasteiger partial charge in [-0.15, -0.1) is 0 Å². The highest BCUT2D eigenvalue weighted by molar-refractivity contribution is 5.82. The SMILES string of the molecule is CC(=O)N(C)C(CCCN=C(N)N)C(=O)O. The Balaban J connectivity index is 4.20. The molecule has 0 aromatic carbocycles. The Labute approximate surface area is 94.1 Å². The Bertz CT molecular complexity index is 286. The molecule has 7 nitrogen and oxygen atoms in total. The average molecular weight is 230 g/mol. The third-order valence-corrected chi connectivity index (χ3v) is 2.18. The molecule has 0 aliphatic heterocycles. The van der Waals surface area contributed by atoms with E-state index in [0.29, 0.717) is 19.4 Å². The third kappa shape index (κ3) is 5.18. The van der Waals surface area contributed by atoms with Gasteiger partial charge in [0.15, 0.2) is 5.96 Å². The lowest BCUT2D eigenvalue weighted by Crippen LogP contribution is -2.41. The molecule has 1 amide bonds. The van der Waals surface area contributed by atoms with E-state index in [0.717, 1.165) is 0 Å². The summed E-state index contributed by atoms with van der Waals surface area (Å²) in [5.41, 5.74) is 10.2. The minimum absolute atomic E-state index is 0.0215. The van der Waals surface area contributed by atoms with Crippen LogP contribution in [-0.2, 0) is 9.59 Å². The van der Waals surface area contributed by atoms with Crippen molar-refractivity contribution >= 4 is 17.8 Å². The number of carbonyl (C=O) groups is 2. The molecule has 0 rings (SSSR count). The lowest BCUT2D eigenvalue weighted by Gasteiger charge is -2.23. The Hall–Kier alpha value is -1.79. The molecule has 5 N–H and O–H groups in total. The Morgan fingerprint density at radius 1 is 1.44 bits per heavy atom. The highest BCUT2D eigenvalue weighted by atomic mass is 16.4. The Morgan fingerprint density at radius 3 is 2.38 bits per heavy atom. The quantitative estimate of drug-likeness (QED) is 0.306. The largest absolute Gasteiger partial charge is 0.480 e. The van der Waals surface area contributed by atoms with Gasteiger partial charge in [0.2, 0.25) is 5.91 Å². The molecular weight excluding hydrogens is 212 g/mol. The molecule has 1 unspecified atom stereocenters. The first-order valence-corrected chi connectivity index (χ1v) is 4.87. The van der Waals surface area contributed by atoms with Gasteiger partial charge < -0.3 is 21.5 Å². The second-order valence-electron chi connectivity index (χ2n) is 3.43. The first kappa shape index (κ1) is 14.2. The summed E-state index contributed by atoms with van der Waals surface area (Å²) in [5.74, 6) is -1.33. The van der Waals surface area contributed by atoms with Crippen molar-refractivity contribution in [2.75, 3.05) is 13.6 Å². The van der Waals surface area contributed by atoms with Gasteiger partial charge in [-0.05, 0) is 12.8 Å². The molecule has 0 aliphatic rings. The van der Waals surface area contributed by atoms with Crippen LogP contribution in [-0.4, -0.2) is 47.5 Å². The topological polar surface area (TPSA) is 122 Å². The summed E-state index contributed by atoms with van der Waals surface area (Å²) in [6.45, 7) is 1.68. The Morgan fingerprint density at radius 2 is 2.00 bits per heavy atom. The number of carboxylic acid groups (broad SMARTS) is 1. The maximum Gasteiger partial charge on any atom is 0.326 e. The predicted molar refractivity (Wildman–Crippen MR) is 59.8 cm³/mol. The molecular formula is C9H18N4O3. The lowest BCUT2D eigenvalue weighted by molar-refractivity contribution is -0.148. The zero-order valence-corrected chi connectivity index (χ0v) is 9.51. The number of carbonyl (C=O) groups excluding carboxylic acids is 1. The number of amides is 1. The monoisotopic (exact) mass is 230 g/mol. The van der Waals surface area contributed by atoms with E-state index in [9.17, 15) is 9.59 Å². The molecule has 1 atom stereocenters. The normalized spacial score (nSPS) is 11.6. The van der Waals surface area contributed by atoms with Gasteiger partial charge in [-0.2, -0.15) is 0 Å². The molecule has 0 radical (unpaired) electrons. The van der Waals surface area contributed by atoms with Crippen LogP contribution in [0.2, 0.25) is 0 Å². The molecule has 0 fully saturated rings. The van der Waals surface area contributed by atoms with E-state index < -0.39 is 12.0 Å². The molecule has 16 heavy (non-hydrogen) atoms. The van der Waals surface area contributed by atoms with Crippen LogP contribution in [0.3, 0.4) is 0 Å². The fraction of sp³-hybridized carbons (Fsp3) is 0.667. The van der Waals surface area contributed by atoms with Crippen LogP contribution in [0.5, 0.6) is 0 Å². The minimum atomic E-state index is -1.03. The fourth-order valence-corrected chi connectivity index (χ4v) is 1.20. The van der Waals surface area contributed by atoms with Crippen LogP contribution in [0, 0.1) is 0 Å². The third-order valence-electron chi connectivity index (χ3n) is 2.18. The number of hydrogen-bond donors (Lipinski definition) is 3. The molecule has 0 aromatic rings. The van der Waals surface area contributed by atoms with Gasteiger partial charge in [-0.3, -0.25) is 9.79 Å². The second kappa shape index (κ2) is 6.65. The van der Waals surface area contributed by atoms with Crippen molar-refractivity contribution in [1.29, 1.82) is 0 Å². The van der Waals surface area contributed by atoms with Crippen LogP contribution in [0.1, 0.15) is 19.8 Å². The van der Waals surface area contributed by atoms with Gasteiger partial charge in [0.25, 0.3) is 0 Å². The fourth-order valence-electron chi connectivity index (χ4n) is 1.20. The standard InChI is InChI=1S/C9H18N4O3/c1-6(14)13(2)7(8(15)16)4-3-5-12-9(10)11/h7H,3-5H2,1-2H3,(H,15,16)(H4,10,11,12). The second-order valence-corrected chi connectivity index (χ2v) is 3.43. The van der Waals surface area contributed by atoms with Crippen LogP contribution in [0.4, 0.5) is 0 Å². The molecule has 0 aliphatic carbocycles. The van der Waals surface area contributed by atoms with E-state index in [1.54, 1.807) is 0 Å². The van der Waals surface area contributed by atoms with Gasteiger partial charge in [-0.25, -0.2) is 4.79 Å². The number of aliphatic imine (C=N–C) groups is 1. The summed E-state index contributed by atoms with van der Waals surface area (Å²) in [5, 5.41) is 8.92. The van der Waals surface area contributed by atoms with E-state index in [-0.39, 0.29) is 11.9 Å². The van der Waals surface area contributed by atoms with Crippen LogP contribution < -0.4 is 11.5 Å². The number of rotatable bonds is 6. The van der Waals surface area contributed by atoms with Crippen LogP contribution >= 0.6 is 0 Å². The van der Waals surface area contributed by atoms with E-state index in [1.165, 1.54) is 18.9 Å². The Kier molecular flexibility index (Phi) is 5.91. The summed E-state index contributed by atoms with van der Waals surface area (Å²) in [6, 6.07) is -0.827. The maximum atomic E-state index is 11.0. The van der Waals surface area contributed by atoms with Gasteiger partial charge in [-0.1, -0.05) is 0 Å². The van der Waals surface area contributed by atoms with Crippen molar-refractivity contribution in [2.45, 2.75) is 25.8 Å². The molecule has 0 aromatic heterocycles. The maximum absolute atomic E-state index is 11.0. The van der Waals surface area contributed by atoms with Gasteiger partial charge in [0.1, 0.15) is 6.04 Å². The van der Waals surface area contributed by atoms with Crippen molar-refractivity contribution in [3.63, 3.8) is 0 Å². The summed E-state index contributed by atoms with van der Waals surface area (Å²) < 4.78 is 0. The predicted octanol–water partition coefficient (Wildman–Crippen LogP) is -1.03. The zero-order valence-electron chi connectivity index (χ0n) is 9.51. The number of guanidine groups is 1. The first-order chi connectivity index (χ1) is 7.36. The molecule has 0 saturated carbocycles. The van der Waals surface area contributed by atoms with Crippen molar-refractivity contribution in [3.8, 4) is 0 Å². The molecule has 92 valence electrons. The van der Waals surface area contributed by atoms with Gasteiger partial charge in [0, 0.05) is 20.5 Å². The first-order valence-electron chi connectivity index (χ1n) is 4.87. The summed E-state index contributed by atoms with van der Waals surface area (Å²) in [7, 11) is 1.46. The molecule has 7 heteroatoms. The van der Waals surface area contributed by atoms with Crippen molar-refractivity contribution in [3.05, 3.63) is 0 Å². The summed E-state index contributed by atoms with van der Waals surface area (Å²) in [6.07, 6.45) is 0.828.